The highest BCUT2D eigenvalue weighted by molar-refractivity contribution is 14.1. The molecule has 0 amide bonds. The highest BCUT2D eigenvalue weighted by atomic mass is 127. The molecule has 0 aliphatic heterocycles. The molecule has 1 N–H and O–H groups in total. The van der Waals surface area contributed by atoms with Gasteiger partial charge in [-0.2, -0.15) is 0 Å². The van der Waals surface area contributed by atoms with Gasteiger partial charge in [0.2, 0.25) is 0 Å². The minimum Gasteiger partial charge on any atom is -0.497 e. The van der Waals surface area contributed by atoms with E-state index in [9.17, 15) is 5.11 Å². The van der Waals surface area contributed by atoms with Gasteiger partial charge in [-0.15, -0.1) is 0 Å². The number of methoxy groups -OCH3 is 2. The monoisotopic (exact) mass is 404 g/mol. The molecule has 0 saturated heterocycles. The van der Waals surface area contributed by atoms with Crippen LogP contribution in [-0.4, -0.2) is 19.3 Å². The Bertz CT molecular complexity index is 616. The van der Waals surface area contributed by atoms with E-state index in [0.717, 1.165) is 3.57 Å². The summed E-state index contributed by atoms with van der Waals surface area (Å²) in [6.45, 7) is 0. The lowest BCUT2D eigenvalue weighted by molar-refractivity contribution is 0.214. The van der Waals surface area contributed by atoms with E-state index >= 15 is 0 Å². The summed E-state index contributed by atoms with van der Waals surface area (Å²) in [5.41, 5.74) is 1.35. The molecule has 0 aliphatic carbocycles. The molecule has 1 atom stereocenters. The van der Waals surface area contributed by atoms with Crippen molar-refractivity contribution in [3.63, 3.8) is 0 Å². The lowest BCUT2D eigenvalue weighted by Crippen LogP contribution is -2.03. The molecular formula is C15H14ClIO3. The van der Waals surface area contributed by atoms with E-state index in [1.54, 1.807) is 38.5 Å². The Morgan fingerprint density at radius 1 is 1.10 bits per heavy atom. The van der Waals surface area contributed by atoms with Gasteiger partial charge in [-0.25, -0.2) is 0 Å². The molecule has 3 nitrogen and oxygen atoms in total. The number of benzene rings is 2. The van der Waals surface area contributed by atoms with E-state index < -0.39 is 6.10 Å². The first-order chi connectivity index (χ1) is 9.56. The van der Waals surface area contributed by atoms with Crippen LogP contribution in [0.2, 0.25) is 5.02 Å². The second-order valence-electron chi connectivity index (χ2n) is 4.18. The lowest BCUT2D eigenvalue weighted by atomic mass is 10.0. The van der Waals surface area contributed by atoms with Crippen molar-refractivity contribution in [2.24, 2.45) is 0 Å². The maximum atomic E-state index is 10.5. The molecule has 0 bridgehead atoms. The Morgan fingerprint density at radius 2 is 1.85 bits per heavy atom. The molecule has 20 heavy (non-hydrogen) atoms. The maximum Gasteiger partial charge on any atom is 0.125 e. The third-order valence-electron chi connectivity index (χ3n) is 2.99. The van der Waals surface area contributed by atoms with Crippen LogP contribution in [0.1, 0.15) is 17.2 Å². The van der Waals surface area contributed by atoms with Crippen molar-refractivity contribution in [2.75, 3.05) is 14.2 Å². The van der Waals surface area contributed by atoms with Crippen molar-refractivity contribution < 1.29 is 14.6 Å². The molecule has 2 aromatic rings. The second-order valence-corrected chi connectivity index (χ2v) is 5.75. The van der Waals surface area contributed by atoms with Gasteiger partial charge in [-0.3, -0.25) is 0 Å². The Morgan fingerprint density at radius 3 is 2.45 bits per heavy atom. The van der Waals surface area contributed by atoms with Crippen LogP contribution in [0.4, 0.5) is 0 Å². The van der Waals surface area contributed by atoms with E-state index in [1.807, 2.05) is 12.1 Å². The molecule has 0 saturated carbocycles. The SMILES string of the molecule is COc1ccc(OC)c(C(O)c2ccc(I)c(Cl)c2)c1. The van der Waals surface area contributed by atoms with Gasteiger partial charge in [0.15, 0.2) is 0 Å². The van der Waals surface area contributed by atoms with E-state index in [1.165, 1.54) is 0 Å². The highest BCUT2D eigenvalue weighted by Gasteiger charge is 2.17. The van der Waals surface area contributed by atoms with Crippen LogP contribution in [0.5, 0.6) is 11.5 Å². The number of hydrogen-bond donors (Lipinski definition) is 1. The summed E-state index contributed by atoms with van der Waals surface area (Å²) in [7, 11) is 3.15. The summed E-state index contributed by atoms with van der Waals surface area (Å²) in [5.74, 6) is 1.27. The number of ether oxygens (including phenoxy) is 2. The van der Waals surface area contributed by atoms with Gasteiger partial charge in [-0.05, 0) is 58.5 Å². The fraction of sp³-hybridized carbons (Fsp3) is 0.200. The number of rotatable bonds is 4. The quantitative estimate of drug-likeness (QED) is 0.782. The van der Waals surface area contributed by atoms with Gasteiger partial charge in [-0.1, -0.05) is 17.7 Å². The predicted molar refractivity (Wildman–Crippen MR) is 87.8 cm³/mol. The Kier molecular flexibility index (Phi) is 5.12. The number of halogens is 2. The van der Waals surface area contributed by atoms with Crippen molar-refractivity contribution >= 4 is 34.2 Å². The van der Waals surface area contributed by atoms with Crippen LogP contribution in [0, 0.1) is 3.57 Å². The van der Waals surface area contributed by atoms with Gasteiger partial charge < -0.3 is 14.6 Å². The van der Waals surface area contributed by atoms with Crippen LogP contribution < -0.4 is 9.47 Å². The van der Waals surface area contributed by atoms with Crippen molar-refractivity contribution in [1.82, 2.24) is 0 Å². The molecule has 2 aromatic carbocycles. The first-order valence-electron chi connectivity index (χ1n) is 5.91. The smallest absolute Gasteiger partial charge is 0.125 e. The van der Waals surface area contributed by atoms with E-state index in [4.69, 9.17) is 21.1 Å². The lowest BCUT2D eigenvalue weighted by Gasteiger charge is -2.16. The molecule has 2 rings (SSSR count). The van der Waals surface area contributed by atoms with Gasteiger partial charge in [0.25, 0.3) is 0 Å². The summed E-state index contributed by atoms with van der Waals surface area (Å²) in [4.78, 5) is 0. The zero-order valence-corrected chi connectivity index (χ0v) is 14.0. The number of aliphatic hydroxyl groups excluding tert-OH is 1. The number of hydrogen-bond acceptors (Lipinski definition) is 3. The molecule has 0 aliphatic rings. The summed E-state index contributed by atoms with van der Waals surface area (Å²) in [5, 5.41) is 11.2. The van der Waals surface area contributed by atoms with Crippen LogP contribution in [0.3, 0.4) is 0 Å². The molecular weight excluding hydrogens is 391 g/mol. The predicted octanol–water partition coefficient (Wildman–Crippen LogP) is 4.04. The van der Waals surface area contributed by atoms with Crippen LogP contribution in [0.15, 0.2) is 36.4 Å². The van der Waals surface area contributed by atoms with Crippen LogP contribution >= 0.6 is 34.2 Å². The summed E-state index contributed by atoms with van der Waals surface area (Å²) in [6.07, 6.45) is -0.824. The highest BCUT2D eigenvalue weighted by Crippen LogP contribution is 2.34. The fourth-order valence-electron chi connectivity index (χ4n) is 1.92. The van der Waals surface area contributed by atoms with Crippen molar-refractivity contribution in [1.29, 1.82) is 0 Å². The number of aliphatic hydroxyl groups is 1. The van der Waals surface area contributed by atoms with Gasteiger partial charge >= 0.3 is 0 Å². The Labute approximate surface area is 136 Å². The Hall–Kier alpha value is -0.980. The second kappa shape index (κ2) is 6.65. The van der Waals surface area contributed by atoms with Crippen molar-refractivity contribution in [3.8, 4) is 11.5 Å². The molecule has 0 fully saturated rings. The molecule has 1 unspecified atom stereocenters. The molecule has 0 aromatic heterocycles. The maximum absolute atomic E-state index is 10.5. The molecule has 0 radical (unpaired) electrons. The van der Waals surface area contributed by atoms with E-state index in [-0.39, 0.29) is 0 Å². The van der Waals surface area contributed by atoms with Crippen LogP contribution in [-0.2, 0) is 0 Å². The van der Waals surface area contributed by atoms with E-state index in [0.29, 0.717) is 27.6 Å². The largest absolute Gasteiger partial charge is 0.497 e. The molecule has 5 heteroatoms. The minimum absolute atomic E-state index is 0.605. The average molecular weight is 405 g/mol. The molecule has 106 valence electrons. The van der Waals surface area contributed by atoms with Gasteiger partial charge in [0.05, 0.1) is 19.2 Å². The topological polar surface area (TPSA) is 38.7 Å². The first kappa shape index (κ1) is 15.4. The van der Waals surface area contributed by atoms with Gasteiger partial charge in [0, 0.05) is 9.13 Å². The third-order valence-corrected chi connectivity index (χ3v) is 4.56. The fourth-order valence-corrected chi connectivity index (χ4v) is 2.44. The minimum atomic E-state index is -0.824. The van der Waals surface area contributed by atoms with Gasteiger partial charge in [0.1, 0.15) is 17.6 Å². The zero-order valence-electron chi connectivity index (χ0n) is 11.1. The Balaban J connectivity index is 2.45. The third kappa shape index (κ3) is 3.19. The summed E-state index contributed by atoms with van der Waals surface area (Å²) >= 11 is 8.25. The normalized spacial score (nSPS) is 12.1. The van der Waals surface area contributed by atoms with Crippen molar-refractivity contribution in [3.05, 3.63) is 56.1 Å². The molecule has 0 spiro atoms. The van der Waals surface area contributed by atoms with E-state index in [2.05, 4.69) is 22.6 Å². The zero-order chi connectivity index (χ0) is 14.7. The standard InChI is InChI=1S/C15H14ClIO3/c1-19-10-4-6-14(20-2)11(8-10)15(18)9-3-5-13(17)12(16)7-9/h3-8,15,18H,1-2H3. The van der Waals surface area contributed by atoms with Crippen LogP contribution in [0.25, 0.3) is 0 Å². The average Bonchev–Trinajstić information content (AvgIpc) is 2.48. The first-order valence-corrected chi connectivity index (χ1v) is 7.37. The van der Waals surface area contributed by atoms with Crippen molar-refractivity contribution in [2.45, 2.75) is 6.10 Å². The summed E-state index contributed by atoms with van der Waals surface area (Å²) < 4.78 is 11.4. The molecule has 0 heterocycles. The summed E-state index contributed by atoms with van der Waals surface area (Å²) in [6, 6.07) is 10.8.